The fourth-order valence-electron chi connectivity index (χ4n) is 2.34. The number of H-pyrrole nitrogens is 1. The first kappa shape index (κ1) is 17.6. The van der Waals surface area contributed by atoms with Gasteiger partial charge < -0.3 is 10.3 Å². The van der Waals surface area contributed by atoms with Crippen molar-refractivity contribution in [2.24, 2.45) is 0 Å². The molecule has 1 amide bonds. The molecule has 0 aliphatic rings. The van der Waals surface area contributed by atoms with E-state index in [1.807, 2.05) is 44.2 Å². The fourth-order valence-corrected chi connectivity index (χ4v) is 3.46. The summed E-state index contributed by atoms with van der Waals surface area (Å²) in [5.74, 6) is -0.00960. The molecule has 8 heteroatoms. The lowest BCUT2D eigenvalue weighted by molar-refractivity contribution is -0.120. The third-order valence-corrected chi connectivity index (χ3v) is 4.93. The van der Waals surface area contributed by atoms with Crippen molar-refractivity contribution < 1.29 is 4.79 Å². The van der Waals surface area contributed by atoms with Gasteiger partial charge in [-0.05, 0) is 25.5 Å². The number of hydrogen-bond donors (Lipinski definition) is 2. The van der Waals surface area contributed by atoms with Gasteiger partial charge in [-0.15, -0.1) is 0 Å². The van der Waals surface area contributed by atoms with Crippen molar-refractivity contribution in [2.45, 2.75) is 30.7 Å². The number of para-hydroxylation sites is 1. The molecular formula is C17H19N5OS2. The molecule has 1 atom stereocenters. The second kappa shape index (κ2) is 7.79. The summed E-state index contributed by atoms with van der Waals surface area (Å²) in [5.41, 5.74) is 1.70. The van der Waals surface area contributed by atoms with Crippen LogP contribution in [0.5, 0.6) is 0 Å². The number of carbonyl (C=O) groups is 1. The summed E-state index contributed by atoms with van der Waals surface area (Å²) in [4.78, 5) is 19.7. The van der Waals surface area contributed by atoms with Crippen molar-refractivity contribution in [3.63, 3.8) is 0 Å². The highest BCUT2D eigenvalue weighted by molar-refractivity contribution is 8.00. The maximum absolute atomic E-state index is 12.1. The van der Waals surface area contributed by atoms with Gasteiger partial charge >= 0.3 is 0 Å². The van der Waals surface area contributed by atoms with Crippen molar-refractivity contribution >= 4 is 40.9 Å². The molecule has 1 unspecified atom stereocenters. The largest absolute Gasteiger partial charge is 0.355 e. The van der Waals surface area contributed by atoms with Gasteiger partial charge in [0.25, 0.3) is 0 Å². The van der Waals surface area contributed by atoms with E-state index in [9.17, 15) is 4.79 Å². The zero-order chi connectivity index (χ0) is 17.8. The minimum absolute atomic E-state index is 0.00960. The lowest BCUT2D eigenvalue weighted by Crippen LogP contribution is -2.31. The highest BCUT2D eigenvalue weighted by Crippen LogP contribution is 2.24. The highest BCUT2D eigenvalue weighted by atomic mass is 32.2. The van der Waals surface area contributed by atoms with Crippen LogP contribution >= 0.6 is 24.0 Å². The van der Waals surface area contributed by atoms with E-state index in [0.717, 1.165) is 23.1 Å². The van der Waals surface area contributed by atoms with Gasteiger partial charge in [-0.2, -0.15) is 5.10 Å². The smallest absolute Gasteiger partial charge is 0.233 e. The van der Waals surface area contributed by atoms with E-state index in [4.69, 9.17) is 12.2 Å². The van der Waals surface area contributed by atoms with E-state index in [1.165, 1.54) is 11.8 Å². The SMILES string of the molecule is CCCNC(=O)C(C)Sc1nc(=S)c2cnn(-c3ccccc3)c2[nH]1. The maximum atomic E-state index is 12.1. The Morgan fingerprint density at radius 2 is 2.16 bits per heavy atom. The quantitative estimate of drug-likeness (QED) is 0.393. The summed E-state index contributed by atoms with van der Waals surface area (Å²) >= 11 is 6.75. The van der Waals surface area contributed by atoms with Gasteiger partial charge in [0.05, 0.1) is 22.5 Å². The molecule has 0 fully saturated rings. The number of rotatable bonds is 6. The number of benzene rings is 1. The van der Waals surface area contributed by atoms with E-state index in [-0.39, 0.29) is 11.2 Å². The molecule has 0 aliphatic carbocycles. The molecule has 2 heterocycles. The van der Waals surface area contributed by atoms with Crippen LogP contribution in [-0.4, -0.2) is 37.5 Å². The zero-order valence-electron chi connectivity index (χ0n) is 14.0. The van der Waals surface area contributed by atoms with Crippen LogP contribution in [0.25, 0.3) is 16.7 Å². The Labute approximate surface area is 155 Å². The Morgan fingerprint density at radius 3 is 2.88 bits per heavy atom. The molecule has 0 aliphatic heterocycles. The average molecular weight is 374 g/mol. The summed E-state index contributed by atoms with van der Waals surface area (Å²) in [6, 6.07) is 9.80. The van der Waals surface area contributed by atoms with Gasteiger partial charge in [0.1, 0.15) is 10.3 Å². The lowest BCUT2D eigenvalue weighted by Gasteiger charge is -2.11. The lowest BCUT2D eigenvalue weighted by atomic mass is 10.3. The predicted octanol–water partition coefficient (Wildman–Crippen LogP) is 3.48. The number of fused-ring (bicyclic) bond motifs is 1. The maximum Gasteiger partial charge on any atom is 0.233 e. The van der Waals surface area contributed by atoms with Gasteiger partial charge in [-0.25, -0.2) is 9.67 Å². The van der Waals surface area contributed by atoms with Crippen LogP contribution in [0.1, 0.15) is 20.3 Å². The Bertz CT molecular complexity index is 935. The molecule has 2 N–H and O–H groups in total. The third-order valence-electron chi connectivity index (χ3n) is 3.64. The van der Waals surface area contributed by atoms with Crippen LogP contribution in [0.4, 0.5) is 0 Å². The Kier molecular flexibility index (Phi) is 5.50. The number of carbonyl (C=O) groups excluding carboxylic acids is 1. The Balaban J connectivity index is 1.93. The normalized spacial score (nSPS) is 12.2. The average Bonchev–Trinajstić information content (AvgIpc) is 3.04. The summed E-state index contributed by atoms with van der Waals surface area (Å²) < 4.78 is 2.26. The number of hydrogen-bond acceptors (Lipinski definition) is 5. The molecule has 130 valence electrons. The second-order valence-electron chi connectivity index (χ2n) is 5.55. The van der Waals surface area contributed by atoms with Crippen molar-refractivity contribution in [3.8, 4) is 5.69 Å². The highest BCUT2D eigenvalue weighted by Gasteiger charge is 2.16. The van der Waals surface area contributed by atoms with Crippen molar-refractivity contribution in [3.05, 3.63) is 41.2 Å². The van der Waals surface area contributed by atoms with E-state index in [0.29, 0.717) is 16.3 Å². The van der Waals surface area contributed by atoms with Gasteiger partial charge in [-0.3, -0.25) is 4.79 Å². The van der Waals surface area contributed by atoms with Crippen LogP contribution in [0, 0.1) is 4.64 Å². The van der Waals surface area contributed by atoms with Crippen LogP contribution in [0.2, 0.25) is 0 Å². The van der Waals surface area contributed by atoms with E-state index in [1.54, 1.807) is 10.9 Å². The number of aromatic nitrogens is 4. The van der Waals surface area contributed by atoms with E-state index < -0.39 is 0 Å². The Hall–Kier alpha value is -2.19. The third kappa shape index (κ3) is 3.91. The van der Waals surface area contributed by atoms with Crippen LogP contribution in [0.15, 0.2) is 41.7 Å². The topological polar surface area (TPSA) is 75.6 Å². The molecule has 3 rings (SSSR count). The molecular weight excluding hydrogens is 354 g/mol. The standard InChI is InChI=1S/C17H19N5OS2/c1-3-9-18-15(23)11(2)25-17-20-14-13(16(24)21-17)10-19-22(14)12-7-5-4-6-8-12/h4-8,10-11H,3,9H2,1-2H3,(H,18,23)(H,20,21,24). The van der Waals surface area contributed by atoms with E-state index >= 15 is 0 Å². The second-order valence-corrected chi connectivity index (χ2v) is 7.27. The molecule has 0 saturated heterocycles. The number of amides is 1. The number of nitrogens with one attached hydrogen (secondary N) is 2. The number of thioether (sulfide) groups is 1. The van der Waals surface area contributed by atoms with Gasteiger partial charge in [0, 0.05) is 6.54 Å². The van der Waals surface area contributed by atoms with Crippen LogP contribution < -0.4 is 5.32 Å². The van der Waals surface area contributed by atoms with Gasteiger partial charge in [-0.1, -0.05) is 49.1 Å². The molecule has 6 nitrogen and oxygen atoms in total. The van der Waals surface area contributed by atoms with Gasteiger partial charge in [0.15, 0.2) is 5.16 Å². The molecule has 25 heavy (non-hydrogen) atoms. The Morgan fingerprint density at radius 1 is 1.40 bits per heavy atom. The van der Waals surface area contributed by atoms with Gasteiger partial charge in [0.2, 0.25) is 5.91 Å². The molecule has 0 saturated carbocycles. The summed E-state index contributed by atoms with van der Waals surface area (Å²) in [6.45, 7) is 4.55. The molecule has 0 radical (unpaired) electrons. The van der Waals surface area contributed by atoms with Crippen LogP contribution in [0.3, 0.4) is 0 Å². The van der Waals surface area contributed by atoms with Crippen molar-refractivity contribution in [1.82, 2.24) is 25.1 Å². The van der Waals surface area contributed by atoms with Crippen LogP contribution in [-0.2, 0) is 4.79 Å². The summed E-state index contributed by atoms with van der Waals surface area (Å²) in [5, 5.41) is 8.42. The fraction of sp³-hybridized carbons (Fsp3) is 0.294. The first-order valence-corrected chi connectivity index (χ1v) is 9.36. The molecule has 1 aromatic carbocycles. The summed E-state index contributed by atoms with van der Waals surface area (Å²) in [6.07, 6.45) is 2.62. The minimum atomic E-state index is -0.268. The number of nitrogens with zero attached hydrogens (tertiary/aromatic N) is 3. The monoisotopic (exact) mass is 373 g/mol. The predicted molar refractivity (Wildman–Crippen MR) is 103 cm³/mol. The number of aromatic amines is 1. The molecule has 0 bridgehead atoms. The first-order chi connectivity index (χ1) is 12.1. The summed E-state index contributed by atoms with van der Waals surface area (Å²) in [7, 11) is 0. The molecule has 3 aromatic rings. The molecule has 0 spiro atoms. The van der Waals surface area contributed by atoms with E-state index in [2.05, 4.69) is 20.4 Å². The van der Waals surface area contributed by atoms with Crippen molar-refractivity contribution in [1.29, 1.82) is 0 Å². The first-order valence-electron chi connectivity index (χ1n) is 8.08. The zero-order valence-corrected chi connectivity index (χ0v) is 15.7. The van der Waals surface area contributed by atoms with Crippen molar-refractivity contribution in [2.75, 3.05) is 6.54 Å². The minimum Gasteiger partial charge on any atom is -0.355 e. The molecule has 2 aromatic heterocycles.